The lowest BCUT2D eigenvalue weighted by Gasteiger charge is -2.23. The molecule has 6 nitrogen and oxygen atoms in total. The van der Waals surface area contributed by atoms with Crippen LogP contribution in [-0.2, 0) is 0 Å². The number of nitro benzene ring substituents is 1. The van der Waals surface area contributed by atoms with Crippen molar-refractivity contribution < 1.29 is 9.72 Å². The molecular formula is C12H14BrN3O3. The second kappa shape index (κ2) is 6.12. The number of hydrogen-bond acceptors (Lipinski definition) is 4. The Labute approximate surface area is 118 Å². The topological polar surface area (TPSA) is 84.3 Å². The molecule has 0 aromatic heterocycles. The molecular weight excluding hydrogens is 314 g/mol. The monoisotopic (exact) mass is 327 g/mol. The zero-order valence-electron chi connectivity index (χ0n) is 10.2. The third kappa shape index (κ3) is 3.51. The number of halogens is 1. The molecule has 0 aliphatic carbocycles. The van der Waals surface area contributed by atoms with Crippen LogP contribution in [0.25, 0.3) is 0 Å². The third-order valence-electron chi connectivity index (χ3n) is 3.03. The summed E-state index contributed by atoms with van der Waals surface area (Å²) < 4.78 is 0.579. The van der Waals surface area contributed by atoms with Gasteiger partial charge in [0, 0.05) is 23.1 Å². The molecule has 1 aromatic carbocycles. The van der Waals surface area contributed by atoms with E-state index in [-0.39, 0.29) is 17.3 Å². The molecule has 19 heavy (non-hydrogen) atoms. The van der Waals surface area contributed by atoms with Crippen LogP contribution < -0.4 is 10.6 Å². The van der Waals surface area contributed by atoms with Crippen LogP contribution in [0.15, 0.2) is 22.7 Å². The second-order valence-corrected chi connectivity index (χ2v) is 5.35. The van der Waals surface area contributed by atoms with Gasteiger partial charge < -0.3 is 10.6 Å². The zero-order chi connectivity index (χ0) is 13.8. The average Bonchev–Trinajstić information content (AvgIpc) is 2.39. The molecule has 0 spiro atoms. The highest BCUT2D eigenvalue weighted by Gasteiger charge is 2.23. The number of amides is 1. The summed E-state index contributed by atoms with van der Waals surface area (Å²) >= 11 is 3.17. The molecule has 1 fully saturated rings. The maximum atomic E-state index is 12.1. The summed E-state index contributed by atoms with van der Waals surface area (Å²) in [6, 6.07) is 4.47. The Morgan fingerprint density at radius 3 is 2.95 bits per heavy atom. The van der Waals surface area contributed by atoms with E-state index in [4.69, 9.17) is 0 Å². The van der Waals surface area contributed by atoms with Gasteiger partial charge in [-0.25, -0.2) is 0 Å². The van der Waals surface area contributed by atoms with E-state index in [2.05, 4.69) is 26.6 Å². The summed E-state index contributed by atoms with van der Waals surface area (Å²) in [5.74, 6) is -0.395. The molecule has 1 atom stereocenters. The Balaban J connectivity index is 2.16. The van der Waals surface area contributed by atoms with Crippen molar-refractivity contribution in [2.45, 2.75) is 18.9 Å². The number of piperidine rings is 1. The van der Waals surface area contributed by atoms with Crippen LogP contribution in [0.5, 0.6) is 0 Å². The molecule has 1 amide bonds. The van der Waals surface area contributed by atoms with Crippen molar-refractivity contribution in [3.05, 3.63) is 38.3 Å². The van der Waals surface area contributed by atoms with Crippen molar-refractivity contribution in [3.63, 3.8) is 0 Å². The van der Waals surface area contributed by atoms with Crippen molar-refractivity contribution in [1.29, 1.82) is 0 Å². The predicted molar refractivity (Wildman–Crippen MR) is 74.2 cm³/mol. The average molecular weight is 328 g/mol. The first-order valence-corrected chi connectivity index (χ1v) is 6.83. The summed E-state index contributed by atoms with van der Waals surface area (Å²) in [5, 5.41) is 17.0. The summed E-state index contributed by atoms with van der Waals surface area (Å²) in [4.78, 5) is 22.5. The molecule has 1 unspecified atom stereocenters. The number of benzene rings is 1. The van der Waals surface area contributed by atoms with E-state index in [1.807, 2.05) is 0 Å². The van der Waals surface area contributed by atoms with Gasteiger partial charge >= 0.3 is 0 Å². The van der Waals surface area contributed by atoms with Gasteiger partial charge in [-0.15, -0.1) is 0 Å². The molecule has 1 saturated heterocycles. The van der Waals surface area contributed by atoms with Crippen molar-refractivity contribution in [2.75, 3.05) is 13.1 Å². The number of nitro groups is 1. The molecule has 0 saturated carbocycles. The predicted octanol–water partition coefficient (Wildman–Crippen LogP) is 1.84. The minimum atomic E-state index is -0.543. The highest BCUT2D eigenvalue weighted by molar-refractivity contribution is 9.10. The van der Waals surface area contributed by atoms with Crippen molar-refractivity contribution in [2.24, 2.45) is 0 Å². The molecule has 1 aliphatic rings. The molecule has 102 valence electrons. The molecule has 1 aliphatic heterocycles. The quantitative estimate of drug-likeness (QED) is 0.655. The van der Waals surface area contributed by atoms with Crippen LogP contribution in [0.2, 0.25) is 0 Å². The fourth-order valence-corrected chi connectivity index (χ4v) is 2.44. The van der Waals surface area contributed by atoms with Crippen molar-refractivity contribution in [3.8, 4) is 0 Å². The van der Waals surface area contributed by atoms with E-state index in [0.29, 0.717) is 11.0 Å². The molecule has 0 bridgehead atoms. The first kappa shape index (κ1) is 14.0. The van der Waals surface area contributed by atoms with Crippen molar-refractivity contribution >= 4 is 27.5 Å². The van der Waals surface area contributed by atoms with Gasteiger partial charge in [-0.1, -0.05) is 15.9 Å². The fraction of sp³-hybridized carbons (Fsp3) is 0.417. The molecule has 0 radical (unpaired) electrons. The Morgan fingerprint density at radius 1 is 1.53 bits per heavy atom. The minimum Gasteiger partial charge on any atom is -0.348 e. The van der Waals surface area contributed by atoms with Gasteiger partial charge in [-0.3, -0.25) is 14.9 Å². The maximum Gasteiger partial charge on any atom is 0.283 e. The highest BCUT2D eigenvalue weighted by atomic mass is 79.9. The van der Waals surface area contributed by atoms with Crippen LogP contribution in [0, 0.1) is 10.1 Å². The summed E-state index contributed by atoms with van der Waals surface area (Å²) in [5.41, 5.74) is -0.0885. The Kier molecular flexibility index (Phi) is 4.49. The highest BCUT2D eigenvalue weighted by Crippen LogP contribution is 2.23. The first-order chi connectivity index (χ1) is 9.08. The third-order valence-corrected chi connectivity index (χ3v) is 3.53. The number of nitrogens with one attached hydrogen (secondary N) is 2. The fourth-order valence-electron chi connectivity index (χ4n) is 2.09. The lowest BCUT2D eigenvalue weighted by atomic mass is 10.1. The number of rotatable bonds is 3. The standard InChI is InChI=1S/C12H14BrN3O3/c13-8-3-4-10(11(6-8)16(18)19)12(17)15-9-2-1-5-14-7-9/h3-4,6,9,14H,1-2,5,7H2,(H,15,17). The lowest BCUT2D eigenvalue weighted by molar-refractivity contribution is -0.385. The maximum absolute atomic E-state index is 12.1. The van der Waals surface area contributed by atoms with E-state index in [0.717, 1.165) is 19.4 Å². The molecule has 1 heterocycles. The number of hydrogen-bond donors (Lipinski definition) is 2. The largest absolute Gasteiger partial charge is 0.348 e. The van der Waals surface area contributed by atoms with Gasteiger partial charge in [0.1, 0.15) is 5.56 Å². The van der Waals surface area contributed by atoms with Crippen LogP contribution in [-0.4, -0.2) is 30.0 Å². The van der Waals surface area contributed by atoms with Gasteiger partial charge in [0.25, 0.3) is 11.6 Å². The van der Waals surface area contributed by atoms with E-state index in [9.17, 15) is 14.9 Å². The summed E-state index contributed by atoms with van der Waals surface area (Å²) in [6.07, 6.45) is 1.89. The van der Waals surface area contributed by atoms with Crippen molar-refractivity contribution in [1.82, 2.24) is 10.6 Å². The van der Waals surface area contributed by atoms with Crippen LogP contribution in [0.1, 0.15) is 23.2 Å². The van der Waals surface area contributed by atoms with Crippen LogP contribution in [0.4, 0.5) is 5.69 Å². The van der Waals surface area contributed by atoms with E-state index in [1.165, 1.54) is 12.1 Å². The Bertz CT molecular complexity index is 501. The van der Waals surface area contributed by atoms with Crippen LogP contribution in [0.3, 0.4) is 0 Å². The van der Waals surface area contributed by atoms with Gasteiger partial charge in [0.05, 0.1) is 4.92 Å². The second-order valence-electron chi connectivity index (χ2n) is 4.44. The van der Waals surface area contributed by atoms with Gasteiger partial charge in [-0.05, 0) is 31.5 Å². The van der Waals surface area contributed by atoms with Gasteiger partial charge in [0.15, 0.2) is 0 Å². The van der Waals surface area contributed by atoms with E-state index >= 15 is 0 Å². The van der Waals surface area contributed by atoms with Gasteiger partial charge in [0.2, 0.25) is 0 Å². The molecule has 1 aromatic rings. The lowest BCUT2D eigenvalue weighted by Crippen LogP contribution is -2.45. The molecule has 7 heteroatoms. The molecule has 2 N–H and O–H groups in total. The minimum absolute atomic E-state index is 0.0319. The Hall–Kier alpha value is -1.47. The van der Waals surface area contributed by atoms with Gasteiger partial charge in [-0.2, -0.15) is 0 Å². The Morgan fingerprint density at radius 2 is 2.32 bits per heavy atom. The van der Waals surface area contributed by atoms with Crippen LogP contribution >= 0.6 is 15.9 Å². The number of nitrogens with zero attached hydrogens (tertiary/aromatic N) is 1. The number of carbonyl (C=O) groups is 1. The summed E-state index contributed by atoms with van der Waals surface area (Å²) in [6.45, 7) is 1.65. The SMILES string of the molecule is O=C(NC1CCCNC1)c1ccc(Br)cc1[N+](=O)[O-]. The number of carbonyl (C=O) groups excluding carboxylic acids is 1. The van der Waals surface area contributed by atoms with E-state index < -0.39 is 10.8 Å². The summed E-state index contributed by atoms with van der Waals surface area (Å²) in [7, 11) is 0. The smallest absolute Gasteiger partial charge is 0.283 e. The molecule has 2 rings (SSSR count). The normalized spacial score (nSPS) is 18.9. The first-order valence-electron chi connectivity index (χ1n) is 6.03. The van der Waals surface area contributed by atoms with E-state index in [1.54, 1.807) is 6.07 Å². The zero-order valence-corrected chi connectivity index (χ0v) is 11.8.